The molecule has 6 N–H and O–H groups in total. The Bertz CT molecular complexity index is 763. The minimum absolute atomic E-state index is 0.189. The van der Waals surface area contributed by atoms with Gasteiger partial charge in [0.1, 0.15) is 18.3 Å². The predicted octanol–water partition coefficient (Wildman–Crippen LogP) is -3.08. The van der Waals surface area contributed by atoms with Crippen molar-refractivity contribution in [3.05, 3.63) is 12.7 Å². The van der Waals surface area contributed by atoms with E-state index in [4.69, 9.17) is 15.4 Å². The van der Waals surface area contributed by atoms with Crippen LogP contribution in [-0.4, -0.2) is 55.0 Å². The summed E-state index contributed by atoms with van der Waals surface area (Å²) in [5.74, 6) is 0.189. The van der Waals surface area contributed by atoms with E-state index in [0.717, 1.165) is 0 Å². The number of aromatic nitrogens is 4. The third-order valence-electron chi connectivity index (χ3n) is 3.46. The summed E-state index contributed by atoms with van der Waals surface area (Å²) in [6.45, 7) is -0.647. The molecule has 0 bridgehead atoms. The first kappa shape index (κ1) is 16.2. The number of nitrogens with one attached hydrogen (secondary N) is 1. The van der Waals surface area contributed by atoms with Gasteiger partial charge in [-0.3, -0.25) is 9.55 Å². The van der Waals surface area contributed by atoms with Gasteiger partial charge in [0.25, 0.3) is 7.82 Å². The number of phosphoric ester groups is 1. The molecule has 12 nitrogen and oxygen atoms in total. The molecule has 1 fully saturated rings. The number of ether oxygens (including phenoxy) is 1. The molecule has 2 aromatic heterocycles. The molecule has 3 rings (SSSR count). The van der Waals surface area contributed by atoms with Crippen molar-refractivity contribution in [1.82, 2.24) is 15.0 Å². The molecule has 3 heterocycles. The second-order valence-electron chi connectivity index (χ2n) is 4.95. The molecule has 0 aromatic carbocycles. The highest BCUT2D eigenvalue weighted by atomic mass is 31.2. The third-order valence-corrected chi connectivity index (χ3v) is 3.94. The molecular formula is C10H14N5O7P. The molecule has 126 valence electrons. The summed E-state index contributed by atoms with van der Waals surface area (Å²) in [6.07, 6.45) is -2.40. The molecule has 2 aromatic rings. The van der Waals surface area contributed by atoms with Gasteiger partial charge >= 0.3 is 5.65 Å². The minimum atomic E-state index is -4.96. The lowest BCUT2D eigenvalue weighted by atomic mass is 10.1. The highest BCUT2D eigenvalue weighted by Gasteiger charge is 2.46. The van der Waals surface area contributed by atoms with E-state index in [1.54, 1.807) is 0 Å². The largest absolute Gasteiger partial charge is 0.756 e. The van der Waals surface area contributed by atoms with Crippen LogP contribution in [0.5, 0.6) is 0 Å². The molecule has 5 unspecified atom stereocenters. The molecule has 1 aliphatic heterocycles. The summed E-state index contributed by atoms with van der Waals surface area (Å²) in [7, 11) is -4.96. The molecule has 13 heteroatoms. The van der Waals surface area contributed by atoms with Crippen LogP contribution < -0.4 is 15.2 Å². The molecule has 1 aliphatic rings. The number of nitrogens with zero attached hydrogens (tertiary/aromatic N) is 3. The first-order chi connectivity index (χ1) is 10.8. The lowest BCUT2D eigenvalue weighted by Gasteiger charge is -2.19. The van der Waals surface area contributed by atoms with Crippen LogP contribution in [0.1, 0.15) is 6.23 Å². The first-order valence-corrected chi connectivity index (χ1v) is 7.96. The van der Waals surface area contributed by atoms with E-state index in [9.17, 15) is 19.7 Å². The summed E-state index contributed by atoms with van der Waals surface area (Å²) in [5.41, 5.74) is 6.43. The van der Waals surface area contributed by atoms with Crippen LogP contribution in [0.15, 0.2) is 12.7 Å². The van der Waals surface area contributed by atoms with Gasteiger partial charge in [-0.25, -0.2) is 4.57 Å². The van der Waals surface area contributed by atoms with E-state index >= 15 is 0 Å². The van der Waals surface area contributed by atoms with E-state index in [0.29, 0.717) is 11.2 Å². The van der Waals surface area contributed by atoms with Crippen molar-refractivity contribution in [1.29, 1.82) is 0 Å². The van der Waals surface area contributed by atoms with Crippen molar-refractivity contribution in [3.8, 4) is 0 Å². The Kier molecular flexibility index (Phi) is 4.06. The molecule has 5 atom stereocenters. The third kappa shape index (κ3) is 3.05. The standard InChI is InChI=1S/C10H14N5O7P/c11-8-5-9(13-2-12-8)15(3-14-5)10-7(17)6(16)4(22-10)1-21-23(18,19)20/h2-4,6-7,10,16-17H,1H2,(H4,11,12,13,18,19,20). The molecular weight excluding hydrogens is 333 g/mol. The number of fused-ring (bicyclic) bond motifs is 1. The molecule has 0 saturated carbocycles. The maximum absolute atomic E-state index is 10.6. The van der Waals surface area contributed by atoms with Gasteiger partial charge in [-0.15, -0.1) is 0 Å². The van der Waals surface area contributed by atoms with E-state index in [1.807, 2.05) is 0 Å². The molecule has 0 aliphatic carbocycles. The maximum Gasteiger partial charge on any atom is 0.309 e. The van der Waals surface area contributed by atoms with Crippen LogP contribution in [0.3, 0.4) is 0 Å². The Labute approximate surface area is 128 Å². The van der Waals surface area contributed by atoms with E-state index < -0.39 is 39.0 Å². The van der Waals surface area contributed by atoms with Gasteiger partial charge in [-0.05, 0) is 0 Å². The fraction of sp³-hybridized carbons (Fsp3) is 0.500. The summed E-state index contributed by atoms with van der Waals surface area (Å²) >= 11 is 0. The second-order valence-corrected chi connectivity index (χ2v) is 6.14. The Hall–Kier alpha value is -1.66. The van der Waals surface area contributed by atoms with E-state index in [-0.39, 0.29) is 5.82 Å². The Morgan fingerprint density at radius 2 is 2.22 bits per heavy atom. The zero-order valence-electron chi connectivity index (χ0n) is 11.5. The van der Waals surface area contributed by atoms with Crippen molar-refractivity contribution >= 4 is 24.8 Å². The number of aliphatic hydroxyl groups excluding tert-OH is 2. The number of hydrogen-bond acceptors (Lipinski definition) is 9. The highest BCUT2D eigenvalue weighted by molar-refractivity contribution is 7.44. The summed E-state index contributed by atoms with van der Waals surface area (Å²) in [4.78, 5) is 29.8. The number of anilines is 1. The Balaban J connectivity index is 1.85. The van der Waals surface area contributed by atoms with Crippen molar-refractivity contribution in [3.63, 3.8) is 0 Å². The zero-order valence-corrected chi connectivity index (χ0v) is 12.4. The van der Waals surface area contributed by atoms with Crippen molar-refractivity contribution in [2.24, 2.45) is 0 Å². The average molecular weight is 347 g/mol. The van der Waals surface area contributed by atoms with Crippen molar-refractivity contribution in [2.45, 2.75) is 24.5 Å². The number of imidazole rings is 1. The lowest BCUT2D eigenvalue weighted by Crippen LogP contribution is -2.45. The Morgan fingerprint density at radius 3 is 2.91 bits per heavy atom. The number of nitrogens with two attached hydrogens (primary N) is 1. The van der Waals surface area contributed by atoms with Gasteiger partial charge in [0, 0.05) is 0 Å². The van der Waals surface area contributed by atoms with Crippen LogP contribution in [-0.2, 0) is 13.8 Å². The van der Waals surface area contributed by atoms with Gasteiger partial charge in [0.15, 0.2) is 18.5 Å². The van der Waals surface area contributed by atoms with E-state index in [1.165, 1.54) is 17.2 Å². The topological polar surface area (TPSA) is 191 Å². The minimum Gasteiger partial charge on any atom is -0.756 e. The second kappa shape index (κ2) is 5.76. The number of rotatable bonds is 4. The number of H-pyrrole nitrogens is 1. The highest BCUT2D eigenvalue weighted by Crippen LogP contribution is 2.34. The van der Waals surface area contributed by atoms with Gasteiger partial charge < -0.3 is 35.0 Å². The summed E-state index contributed by atoms with van der Waals surface area (Å²) in [5, 5.41) is 20.0. The van der Waals surface area contributed by atoms with E-state index in [2.05, 4.69) is 19.5 Å². The quantitative estimate of drug-likeness (QED) is 0.280. The predicted molar refractivity (Wildman–Crippen MR) is 70.2 cm³/mol. The number of aromatic amines is 1. The molecule has 0 radical (unpaired) electrons. The van der Waals surface area contributed by atoms with Crippen molar-refractivity contribution < 1.29 is 38.4 Å². The van der Waals surface area contributed by atoms with Gasteiger partial charge in [0.2, 0.25) is 11.7 Å². The SMILES string of the molecule is Nc1ncnc2c1[nH]c[n+]2C1OC(COP(=O)([O-])O)C(O)C1O. The molecule has 0 amide bonds. The first-order valence-electron chi connectivity index (χ1n) is 6.46. The monoisotopic (exact) mass is 347 g/mol. The number of nitrogen functional groups attached to an aromatic ring is 1. The number of aliphatic hydroxyl groups is 2. The Morgan fingerprint density at radius 1 is 1.48 bits per heavy atom. The lowest BCUT2D eigenvalue weighted by molar-refractivity contribution is -0.745. The fourth-order valence-corrected chi connectivity index (χ4v) is 2.71. The summed E-state index contributed by atoms with van der Waals surface area (Å²) < 4.78 is 21.6. The van der Waals surface area contributed by atoms with Gasteiger partial charge in [-0.2, -0.15) is 4.98 Å². The maximum atomic E-state index is 10.6. The summed E-state index contributed by atoms with van der Waals surface area (Å²) in [6, 6.07) is 0. The van der Waals surface area contributed by atoms with Crippen LogP contribution in [0.2, 0.25) is 0 Å². The van der Waals surface area contributed by atoms with Crippen LogP contribution in [0, 0.1) is 0 Å². The van der Waals surface area contributed by atoms with Crippen molar-refractivity contribution in [2.75, 3.05) is 12.3 Å². The molecule has 1 saturated heterocycles. The fourth-order valence-electron chi connectivity index (χ4n) is 2.38. The normalized spacial score (nSPS) is 30.6. The van der Waals surface area contributed by atoms with Crippen LogP contribution in [0.4, 0.5) is 5.82 Å². The van der Waals surface area contributed by atoms with Crippen LogP contribution >= 0.6 is 7.82 Å². The smallest absolute Gasteiger partial charge is 0.309 e. The number of hydrogen-bond donors (Lipinski definition) is 5. The number of phosphoric acid groups is 1. The average Bonchev–Trinajstić information content (AvgIpc) is 3.01. The molecule has 23 heavy (non-hydrogen) atoms. The van der Waals surface area contributed by atoms with Gasteiger partial charge in [0.05, 0.1) is 6.61 Å². The molecule has 0 spiro atoms. The zero-order chi connectivity index (χ0) is 16.8. The van der Waals surface area contributed by atoms with Gasteiger partial charge in [-0.1, -0.05) is 4.98 Å². The van der Waals surface area contributed by atoms with Crippen LogP contribution in [0.25, 0.3) is 11.2 Å².